The summed E-state index contributed by atoms with van der Waals surface area (Å²) in [6, 6.07) is 7.27. The number of aromatic carboxylic acids is 1. The van der Waals surface area contributed by atoms with E-state index in [0.29, 0.717) is 35.2 Å². The van der Waals surface area contributed by atoms with E-state index in [-0.39, 0.29) is 29.5 Å². The summed E-state index contributed by atoms with van der Waals surface area (Å²) in [6.07, 6.45) is 3.90. The average molecular weight is 532 g/mol. The molecule has 1 amide bonds. The summed E-state index contributed by atoms with van der Waals surface area (Å²) < 4.78 is 38.4. The summed E-state index contributed by atoms with van der Waals surface area (Å²) in [5.41, 5.74) is 6.03. The molecule has 1 fully saturated rings. The lowest BCUT2D eigenvalue weighted by Crippen LogP contribution is -2.56. The average Bonchev–Trinajstić information content (AvgIpc) is 3.22. The zero-order valence-electron chi connectivity index (χ0n) is 20.3. The molecule has 9 nitrogen and oxygen atoms in total. The molecule has 1 aliphatic heterocycles. The number of fused-ring (bicyclic) bond motifs is 1. The van der Waals surface area contributed by atoms with Crippen molar-refractivity contribution in [3.8, 4) is 11.1 Å². The summed E-state index contributed by atoms with van der Waals surface area (Å²) in [6.45, 7) is 2.00. The van der Waals surface area contributed by atoms with E-state index in [1.165, 1.54) is 24.0 Å². The van der Waals surface area contributed by atoms with Crippen LogP contribution in [0.4, 0.5) is 14.5 Å². The molecule has 0 spiro atoms. The third kappa shape index (κ3) is 5.55. The highest BCUT2D eigenvalue weighted by molar-refractivity contribution is 7.99. The van der Waals surface area contributed by atoms with Gasteiger partial charge in [0.15, 0.2) is 0 Å². The number of hydrogen-bond acceptors (Lipinski definition) is 7. The van der Waals surface area contributed by atoms with Gasteiger partial charge in [0.1, 0.15) is 23.1 Å². The van der Waals surface area contributed by atoms with Gasteiger partial charge in [0.25, 0.3) is 0 Å². The molecule has 4 rings (SSSR count). The lowest BCUT2D eigenvalue weighted by atomic mass is 9.99. The lowest BCUT2D eigenvalue weighted by molar-refractivity contribution is -0.116. The van der Waals surface area contributed by atoms with Gasteiger partial charge in [-0.05, 0) is 17.7 Å². The molecule has 0 saturated carbocycles. The fourth-order valence-corrected chi connectivity index (χ4v) is 4.78. The molecule has 37 heavy (non-hydrogen) atoms. The monoisotopic (exact) mass is 531 g/mol. The van der Waals surface area contributed by atoms with Crippen molar-refractivity contribution in [2.75, 3.05) is 37.7 Å². The fourth-order valence-electron chi connectivity index (χ4n) is 4.43. The van der Waals surface area contributed by atoms with Crippen molar-refractivity contribution in [3.63, 3.8) is 0 Å². The molecule has 2 aromatic carbocycles. The van der Waals surface area contributed by atoms with Crippen LogP contribution in [0.3, 0.4) is 0 Å². The number of benzene rings is 2. The molecule has 2 heterocycles. The van der Waals surface area contributed by atoms with E-state index in [4.69, 9.17) is 10.5 Å². The Hall–Kier alpha value is -3.61. The largest absolute Gasteiger partial charge is 0.498 e. The number of rotatable bonds is 11. The first-order chi connectivity index (χ1) is 17.7. The van der Waals surface area contributed by atoms with Crippen LogP contribution in [-0.2, 0) is 16.1 Å². The van der Waals surface area contributed by atoms with Crippen molar-refractivity contribution in [1.29, 1.82) is 0 Å². The zero-order chi connectivity index (χ0) is 26.7. The highest BCUT2D eigenvalue weighted by atomic mass is 32.2. The van der Waals surface area contributed by atoms with Crippen molar-refractivity contribution in [3.05, 3.63) is 65.2 Å². The van der Waals surface area contributed by atoms with Crippen LogP contribution >= 0.6 is 11.9 Å². The Balaban J connectivity index is 1.74. The van der Waals surface area contributed by atoms with Crippen LogP contribution < -0.4 is 10.5 Å². The number of carbonyl (C=O) groups excluding carboxylic acids is 1. The van der Waals surface area contributed by atoms with E-state index in [2.05, 4.69) is 14.6 Å². The number of hydrogen-bond donors (Lipinski definition) is 4. The molecule has 1 aliphatic rings. The quantitative estimate of drug-likeness (QED) is 0.168. The number of methoxy groups -OCH3 is 1. The molecule has 5 N–H and O–H groups in total. The Labute approximate surface area is 216 Å². The number of nitrogens with two attached hydrogens (primary N) is 1. The minimum Gasteiger partial charge on any atom is -0.498 e. The Morgan fingerprint density at radius 1 is 1.32 bits per heavy atom. The van der Waals surface area contributed by atoms with Crippen LogP contribution in [0.15, 0.2) is 42.3 Å². The topological polar surface area (TPSA) is 124 Å². The van der Waals surface area contributed by atoms with Gasteiger partial charge in [0.05, 0.1) is 31.3 Å². The van der Waals surface area contributed by atoms with Crippen molar-refractivity contribution < 1.29 is 28.2 Å². The number of carbonyl (C=O) groups is 2. The van der Waals surface area contributed by atoms with E-state index in [1.807, 2.05) is 0 Å². The molecule has 0 radical (unpaired) electrons. The van der Waals surface area contributed by atoms with Crippen LogP contribution in [0.1, 0.15) is 16.1 Å². The maximum absolute atomic E-state index is 15.1. The molecular formula is C25H27F2N5O4S. The third-order valence-corrected chi connectivity index (χ3v) is 6.51. The normalized spacial score (nSPS) is 14.5. The second-order valence-corrected chi connectivity index (χ2v) is 9.28. The number of anilines is 1. The number of carboxylic acid groups (broad SMARTS) is 1. The van der Waals surface area contributed by atoms with Gasteiger partial charge in [-0.25, -0.2) is 13.6 Å². The predicted octanol–water partition coefficient (Wildman–Crippen LogP) is 3.59. The van der Waals surface area contributed by atoms with Crippen LogP contribution in [0.5, 0.6) is 0 Å². The first-order valence-electron chi connectivity index (χ1n) is 11.3. The molecule has 1 saturated heterocycles. The number of halogens is 2. The van der Waals surface area contributed by atoms with Crippen LogP contribution in [-0.4, -0.2) is 71.3 Å². The minimum atomic E-state index is -1.37. The van der Waals surface area contributed by atoms with E-state index in [1.54, 1.807) is 30.7 Å². The SMILES string of the molecule is CO/C(=C\N(C=O)Cc1cccc2c(-c3c(F)cc(NSC)cc3F)c(C(=O)O)[nH]c12)CN1CC(N)C1. The van der Waals surface area contributed by atoms with E-state index >= 15 is 8.78 Å². The number of ether oxygens (including phenoxy) is 1. The number of H-pyrrole nitrogens is 1. The Bertz CT molecular complexity index is 1330. The summed E-state index contributed by atoms with van der Waals surface area (Å²) >= 11 is 1.17. The first kappa shape index (κ1) is 26.5. The number of aromatic amines is 1. The summed E-state index contributed by atoms with van der Waals surface area (Å²) in [5.74, 6) is -2.63. The number of nitrogens with one attached hydrogen (secondary N) is 2. The molecule has 0 atom stereocenters. The van der Waals surface area contributed by atoms with Crippen molar-refractivity contribution >= 4 is 40.9 Å². The Morgan fingerprint density at radius 2 is 2.03 bits per heavy atom. The maximum atomic E-state index is 15.1. The van der Waals surface area contributed by atoms with Gasteiger partial charge in [-0.3, -0.25) is 9.69 Å². The fraction of sp³-hybridized carbons (Fsp3) is 0.280. The lowest BCUT2D eigenvalue weighted by Gasteiger charge is -2.37. The standard InChI is InChI=1S/C25H27F2N5O4S/c1-36-17(11-31-9-15(28)10-31)12-32(13-33)8-14-4-3-5-18-21(24(25(34)35)29-23(14)18)22-19(26)6-16(30-37-2)7-20(22)27/h3-7,12-13,15,29-30H,8-11,28H2,1-2H3,(H,34,35)/b17-12-. The van der Waals surface area contributed by atoms with Crippen molar-refractivity contribution in [2.24, 2.45) is 5.73 Å². The van der Waals surface area contributed by atoms with E-state index < -0.39 is 23.2 Å². The second-order valence-electron chi connectivity index (χ2n) is 8.67. The van der Waals surface area contributed by atoms with Crippen molar-refractivity contribution in [2.45, 2.75) is 12.6 Å². The number of para-hydroxylation sites is 1. The van der Waals surface area contributed by atoms with Gasteiger partial charge in [-0.15, -0.1) is 0 Å². The van der Waals surface area contributed by atoms with Gasteiger partial charge >= 0.3 is 5.97 Å². The highest BCUT2D eigenvalue weighted by Gasteiger charge is 2.26. The smallest absolute Gasteiger partial charge is 0.352 e. The number of aromatic nitrogens is 1. The van der Waals surface area contributed by atoms with E-state index in [0.717, 1.165) is 25.2 Å². The summed E-state index contributed by atoms with van der Waals surface area (Å²) in [5, 5.41) is 10.2. The second kappa shape index (κ2) is 11.2. The third-order valence-electron chi connectivity index (χ3n) is 6.07. The van der Waals surface area contributed by atoms with Crippen molar-refractivity contribution in [1.82, 2.24) is 14.8 Å². The van der Waals surface area contributed by atoms with Crippen LogP contribution in [0.2, 0.25) is 0 Å². The number of nitrogens with zero attached hydrogens (tertiary/aromatic N) is 2. The molecular weight excluding hydrogens is 504 g/mol. The molecule has 3 aromatic rings. The minimum absolute atomic E-state index is 0.0633. The van der Waals surface area contributed by atoms with Gasteiger partial charge in [0, 0.05) is 48.2 Å². The Morgan fingerprint density at radius 3 is 2.59 bits per heavy atom. The molecule has 0 unspecified atom stereocenters. The van der Waals surface area contributed by atoms with Gasteiger partial charge < -0.3 is 30.2 Å². The summed E-state index contributed by atoms with van der Waals surface area (Å²) in [7, 11) is 1.51. The number of likely N-dealkylation sites (tertiary alicyclic amines) is 1. The zero-order valence-corrected chi connectivity index (χ0v) is 21.1. The molecule has 12 heteroatoms. The van der Waals surface area contributed by atoms with E-state index in [9.17, 15) is 14.7 Å². The number of carboxylic acids is 1. The molecule has 196 valence electrons. The molecule has 0 bridgehead atoms. The molecule has 1 aromatic heterocycles. The van der Waals surface area contributed by atoms with Crippen LogP contribution in [0.25, 0.3) is 22.0 Å². The number of amides is 1. The highest BCUT2D eigenvalue weighted by Crippen LogP contribution is 2.38. The van der Waals surface area contributed by atoms with Gasteiger partial charge in [-0.2, -0.15) is 0 Å². The first-order valence-corrected chi connectivity index (χ1v) is 12.6. The van der Waals surface area contributed by atoms with Gasteiger partial charge in [-0.1, -0.05) is 30.1 Å². The molecule has 0 aliphatic carbocycles. The predicted molar refractivity (Wildman–Crippen MR) is 139 cm³/mol. The maximum Gasteiger partial charge on any atom is 0.352 e. The summed E-state index contributed by atoms with van der Waals surface area (Å²) in [4.78, 5) is 30.2. The van der Waals surface area contributed by atoms with Crippen LogP contribution in [0, 0.1) is 11.6 Å². The Kier molecular flexibility index (Phi) is 8.00. The van der Waals surface area contributed by atoms with Gasteiger partial charge in [0.2, 0.25) is 6.41 Å².